The number of nitrogens with zero attached hydrogens (tertiary/aromatic N) is 2. The average Bonchev–Trinajstić information content (AvgIpc) is 2.98. The van der Waals surface area contributed by atoms with Gasteiger partial charge in [-0.2, -0.15) is 0 Å². The predicted octanol–water partition coefficient (Wildman–Crippen LogP) is 3.81. The molecule has 1 atom stereocenters. The van der Waals surface area contributed by atoms with E-state index >= 15 is 0 Å². The zero-order valence-electron chi connectivity index (χ0n) is 23.2. The van der Waals surface area contributed by atoms with Crippen molar-refractivity contribution in [3.63, 3.8) is 0 Å². The van der Waals surface area contributed by atoms with Gasteiger partial charge >= 0.3 is 0 Å². The van der Waals surface area contributed by atoms with Gasteiger partial charge in [-0.05, 0) is 55.0 Å². The van der Waals surface area contributed by atoms with Crippen molar-refractivity contribution in [1.29, 1.82) is 0 Å². The summed E-state index contributed by atoms with van der Waals surface area (Å²) in [7, 11) is 3.21. The minimum atomic E-state index is -0.874. The predicted molar refractivity (Wildman–Crippen MR) is 158 cm³/mol. The second kappa shape index (κ2) is 13.3. The number of rotatable bonds is 10. The Morgan fingerprint density at radius 2 is 1.61 bits per heavy atom. The summed E-state index contributed by atoms with van der Waals surface area (Å²) in [5.41, 5.74) is 2.86. The first-order valence-corrected chi connectivity index (χ1v) is 13.1. The summed E-state index contributed by atoms with van der Waals surface area (Å²) < 4.78 is 6.41. The minimum Gasteiger partial charge on any atom is -0.497 e. The summed E-state index contributed by atoms with van der Waals surface area (Å²) in [6, 6.07) is 25.4. The molecule has 0 bridgehead atoms. The minimum absolute atomic E-state index is 0.269. The molecule has 1 aromatic heterocycles. The van der Waals surface area contributed by atoms with Crippen LogP contribution in [0.15, 0.2) is 102 Å². The molecule has 9 heteroatoms. The molecular formula is C32H32N4O5. The molecule has 0 fully saturated rings. The topological polar surface area (TPSA) is 110 Å². The van der Waals surface area contributed by atoms with E-state index in [0.717, 1.165) is 11.1 Å². The molecule has 0 aliphatic heterocycles. The molecule has 9 nitrogen and oxygen atoms in total. The van der Waals surface area contributed by atoms with Crippen LogP contribution in [-0.2, 0) is 22.6 Å². The highest BCUT2D eigenvalue weighted by molar-refractivity contribution is 6.04. The van der Waals surface area contributed by atoms with Gasteiger partial charge in [0.05, 0.1) is 7.11 Å². The Morgan fingerprint density at radius 1 is 0.927 bits per heavy atom. The van der Waals surface area contributed by atoms with E-state index in [1.54, 1.807) is 56.6 Å². The van der Waals surface area contributed by atoms with Crippen LogP contribution >= 0.6 is 0 Å². The lowest BCUT2D eigenvalue weighted by Gasteiger charge is -2.25. The van der Waals surface area contributed by atoms with Gasteiger partial charge in [0.2, 0.25) is 11.8 Å². The average molecular weight is 553 g/mol. The summed E-state index contributed by atoms with van der Waals surface area (Å²) in [4.78, 5) is 53.3. The van der Waals surface area contributed by atoms with Gasteiger partial charge < -0.3 is 24.8 Å². The number of amides is 3. The molecule has 3 aromatic carbocycles. The molecule has 1 heterocycles. The number of hydrogen-bond acceptors (Lipinski definition) is 5. The second-order valence-electron chi connectivity index (χ2n) is 9.61. The molecule has 4 aromatic rings. The van der Waals surface area contributed by atoms with Crippen LogP contribution in [0.4, 0.5) is 11.4 Å². The fourth-order valence-electron chi connectivity index (χ4n) is 4.24. The van der Waals surface area contributed by atoms with Crippen LogP contribution in [0.1, 0.15) is 21.5 Å². The number of benzene rings is 3. The van der Waals surface area contributed by atoms with E-state index in [0.29, 0.717) is 22.7 Å². The fraction of sp³-hybridized carbons (Fsp3) is 0.188. The standard InChI is InChI=1S/C32H32N4O5/c1-22-9-11-24(12-10-22)31(39)33-25-17-18-36(30(38)20-25)21-29(37)34-28(19-23-7-5-4-6-8-23)32(40)35(2)26-13-15-27(41-3)16-14-26/h4-18,20,28H,19,21H2,1-3H3,(H,33,39)(H,34,37). The quantitative estimate of drug-likeness (QED) is 0.311. The Bertz CT molecular complexity index is 1560. The molecule has 1 unspecified atom stereocenters. The van der Waals surface area contributed by atoms with Crippen molar-refractivity contribution in [3.8, 4) is 5.75 Å². The van der Waals surface area contributed by atoms with Crippen molar-refractivity contribution in [1.82, 2.24) is 9.88 Å². The number of likely N-dealkylation sites (N-methyl/N-ethyl adjacent to an activating group) is 1. The van der Waals surface area contributed by atoms with E-state index in [2.05, 4.69) is 10.6 Å². The summed E-state index contributed by atoms with van der Waals surface area (Å²) >= 11 is 0. The maximum absolute atomic E-state index is 13.5. The summed E-state index contributed by atoms with van der Waals surface area (Å²) in [6.07, 6.45) is 1.70. The van der Waals surface area contributed by atoms with Crippen LogP contribution in [0.25, 0.3) is 0 Å². The Morgan fingerprint density at radius 3 is 2.24 bits per heavy atom. The molecule has 0 saturated heterocycles. The fourth-order valence-corrected chi connectivity index (χ4v) is 4.24. The van der Waals surface area contributed by atoms with Crippen molar-refractivity contribution in [2.75, 3.05) is 24.4 Å². The number of ether oxygens (including phenoxy) is 1. The van der Waals surface area contributed by atoms with Gasteiger partial charge in [0.1, 0.15) is 18.3 Å². The van der Waals surface area contributed by atoms with Crippen molar-refractivity contribution >= 4 is 29.1 Å². The molecule has 0 aliphatic carbocycles. The molecule has 4 rings (SSSR count). The Labute approximate surface area is 238 Å². The zero-order valence-corrected chi connectivity index (χ0v) is 23.2. The molecule has 0 saturated carbocycles. The van der Waals surface area contributed by atoms with Gasteiger partial charge in [0.15, 0.2) is 0 Å². The summed E-state index contributed by atoms with van der Waals surface area (Å²) in [6.45, 7) is 1.63. The number of pyridine rings is 1. The SMILES string of the molecule is COc1ccc(N(C)C(=O)C(Cc2ccccc2)NC(=O)Cn2ccc(NC(=O)c3ccc(C)cc3)cc2=O)cc1. The number of aryl methyl sites for hydroxylation is 1. The van der Waals surface area contributed by atoms with Crippen LogP contribution in [0, 0.1) is 6.92 Å². The second-order valence-corrected chi connectivity index (χ2v) is 9.61. The first kappa shape index (κ1) is 28.8. The molecule has 0 radical (unpaired) electrons. The summed E-state index contributed by atoms with van der Waals surface area (Å²) in [5.74, 6) is -0.493. The molecule has 0 aliphatic rings. The lowest BCUT2D eigenvalue weighted by Crippen LogP contribution is -2.50. The van der Waals surface area contributed by atoms with Crippen molar-refractivity contribution in [2.24, 2.45) is 0 Å². The highest BCUT2D eigenvalue weighted by atomic mass is 16.5. The van der Waals surface area contributed by atoms with Crippen molar-refractivity contribution < 1.29 is 19.1 Å². The van der Waals surface area contributed by atoms with Crippen LogP contribution in [0.2, 0.25) is 0 Å². The van der Waals surface area contributed by atoms with Crippen LogP contribution in [-0.4, -0.2) is 42.5 Å². The Kier molecular flexibility index (Phi) is 9.32. The third-order valence-corrected chi connectivity index (χ3v) is 6.59. The van der Waals surface area contributed by atoms with E-state index in [-0.39, 0.29) is 24.8 Å². The zero-order chi connectivity index (χ0) is 29.4. The molecule has 41 heavy (non-hydrogen) atoms. The van der Waals surface area contributed by atoms with Crippen LogP contribution in [0.3, 0.4) is 0 Å². The molecular weight excluding hydrogens is 520 g/mol. The maximum Gasteiger partial charge on any atom is 0.255 e. The first-order valence-electron chi connectivity index (χ1n) is 13.1. The van der Waals surface area contributed by atoms with Gasteiger partial charge in [-0.25, -0.2) is 0 Å². The van der Waals surface area contributed by atoms with Crippen molar-refractivity contribution in [3.05, 3.63) is 124 Å². The molecule has 0 spiro atoms. The van der Waals surface area contributed by atoms with E-state index in [1.807, 2.05) is 49.4 Å². The number of aromatic nitrogens is 1. The van der Waals surface area contributed by atoms with Crippen LogP contribution in [0.5, 0.6) is 5.75 Å². The van der Waals surface area contributed by atoms with E-state index in [1.165, 1.54) is 21.7 Å². The van der Waals surface area contributed by atoms with Crippen LogP contribution < -0.4 is 25.8 Å². The lowest BCUT2D eigenvalue weighted by atomic mass is 10.0. The molecule has 210 valence electrons. The Balaban J connectivity index is 1.45. The molecule has 3 amide bonds. The normalized spacial score (nSPS) is 11.3. The highest BCUT2D eigenvalue weighted by Gasteiger charge is 2.25. The molecule has 2 N–H and O–H groups in total. The smallest absolute Gasteiger partial charge is 0.255 e. The van der Waals surface area contributed by atoms with E-state index in [4.69, 9.17) is 4.74 Å². The highest BCUT2D eigenvalue weighted by Crippen LogP contribution is 2.19. The lowest BCUT2D eigenvalue weighted by molar-refractivity contribution is -0.127. The van der Waals surface area contributed by atoms with Gasteiger partial charge in [-0.1, -0.05) is 48.0 Å². The number of carbonyl (C=O) groups excluding carboxylic acids is 3. The number of hydrogen-bond donors (Lipinski definition) is 2. The number of carbonyl (C=O) groups is 3. The van der Waals surface area contributed by atoms with Gasteiger partial charge in [0, 0.05) is 42.7 Å². The van der Waals surface area contributed by atoms with Gasteiger partial charge in [0.25, 0.3) is 11.5 Å². The third kappa shape index (κ3) is 7.69. The number of methoxy groups -OCH3 is 1. The van der Waals surface area contributed by atoms with Gasteiger partial charge in [-0.15, -0.1) is 0 Å². The largest absolute Gasteiger partial charge is 0.497 e. The number of nitrogens with one attached hydrogen (secondary N) is 2. The first-order chi connectivity index (χ1) is 19.7. The van der Waals surface area contributed by atoms with E-state index < -0.39 is 17.5 Å². The van der Waals surface area contributed by atoms with Crippen molar-refractivity contribution in [2.45, 2.75) is 25.9 Å². The van der Waals surface area contributed by atoms with Gasteiger partial charge in [-0.3, -0.25) is 19.2 Å². The third-order valence-electron chi connectivity index (χ3n) is 6.59. The monoisotopic (exact) mass is 552 g/mol. The van der Waals surface area contributed by atoms with E-state index in [9.17, 15) is 19.2 Å². The summed E-state index contributed by atoms with van der Waals surface area (Å²) in [5, 5.41) is 5.50. The Hall–Kier alpha value is -5.18. The number of anilines is 2. The maximum atomic E-state index is 13.5.